The first kappa shape index (κ1) is 20.8. The van der Waals surface area contributed by atoms with Gasteiger partial charge in [0.2, 0.25) is 5.91 Å². The van der Waals surface area contributed by atoms with Crippen molar-refractivity contribution in [2.45, 2.75) is 12.3 Å². The zero-order valence-electron chi connectivity index (χ0n) is 17.1. The average molecular weight is 425 g/mol. The summed E-state index contributed by atoms with van der Waals surface area (Å²) in [7, 11) is 0. The molecule has 0 spiro atoms. The topological polar surface area (TPSA) is 41.1 Å². The third-order valence-corrected chi connectivity index (χ3v) is 6.13. The summed E-state index contributed by atoms with van der Waals surface area (Å²) in [6.07, 6.45) is 4.31. The van der Waals surface area contributed by atoms with Crippen LogP contribution in [0.15, 0.2) is 110 Å². The molecule has 0 aromatic heterocycles. The van der Waals surface area contributed by atoms with Crippen molar-refractivity contribution in [3.63, 3.8) is 0 Å². The molecule has 3 aromatic carbocycles. The molecule has 0 aliphatic carbocycles. The second kappa shape index (κ2) is 9.11. The summed E-state index contributed by atoms with van der Waals surface area (Å²) in [5.74, 6) is -0.396. The molecule has 0 saturated carbocycles. The largest absolute Gasteiger partial charge is 0.349 e. The van der Waals surface area contributed by atoms with E-state index >= 15 is 0 Å². The van der Waals surface area contributed by atoms with E-state index in [-0.39, 0.29) is 11.8 Å². The van der Waals surface area contributed by atoms with Crippen LogP contribution in [0.5, 0.6) is 0 Å². The fourth-order valence-corrected chi connectivity index (χ4v) is 4.51. The van der Waals surface area contributed by atoms with Gasteiger partial charge in [0.15, 0.2) is 0 Å². The smallest absolute Gasteiger partial charge is 0.238 e. The van der Waals surface area contributed by atoms with E-state index < -0.39 is 5.41 Å². The lowest BCUT2D eigenvalue weighted by molar-refractivity contribution is -0.122. The van der Waals surface area contributed by atoms with Gasteiger partial charge in [-0.3, -0.25) is 4.79 Å². The Kier molecular flexibility index (Phi) is 6.10. The molecule has 0 radical (unpaired) electrons. The molecular weight excluding hydrogens is 400 g/mol. The number of thiocarbonyl (C=S) groups is 1. The maximum absolute atomic E-state index is 13.8. The van der Waals surface area contributed by atoms with E-state index in [0.29, 0.717) is 11.4 Å². The Hall–Kier alpha value is -3.50. The van der Waals surface area contributed by atoms with E-state index in [2.05, 4.69) is 23.3 Å². The van der Waals surface area contributed by atoms with Gasteiger partial charge >= 0.3 is 0 Å². The van der Waals surface area contributed by atoms with Crippen LogP contribution in [0.3, 0.4) is 0 Å². The van der Waals surface area contributed by atoms with E-state index in [0.717, 1.165) is 22.5 Å². The minimum atomic E-state index is -0.993. The Morgan fingerprint density at radius 2 is 1.55 bits per heavy atom. The molecule has 0 bridgehead atoms. The van der Waals surface area contributed by atoms with Gasteiger partial charge in [0, 0.05) is 17.3 Å². The summed E-state index contributed by atoms with van der Waals surface area (Å²) in [5.41, 5.74) is 2.72. The van der Waals surface area contributed by atoms with Gasteiger partial charge in [0.05, 0.1) is 4.99 Å². The molecule has 154 valence electrons. The van der Waals surface area contributed by atoms with Gasteiger partial charge in [-0.05, 0) is 29.7 Å². The Bertz CT molecular complexity index is 1110. The molecule has 31 heavy (non-hydrogen) atoms. The number of rotatable bonds is 6. The zero-order valence-corrected chi connectivity index (χ0v) is 17.9. The molecule has 3 nitrogen and oxygen atoms in total. The Morgan fingerprint density at radius 3 is 2.16 bits per heavy atom. The fourth-order valence-electron chi connectivity index (χ4n) is 4.10. The number of carbonyl (C=O) groups excluding carboxylic acids is 1. The van der Waals surface area contributed by atoms with Crippen molar-refractivity contribution in [1.82, 2.24) is 5.32 Å². The number of anilines is 1. The fraction of sp³-hybridized carbons (Fsp3) is 0.111. The summed E-state index contributed by atoms with van der Waals surface area (Å²) in [6, 6.07) is 29.6. The maximum atomic E-state index is 13.8. The van der Waals surface area contributed by atoms with E-state index in [9.17, 15) is 4.79 Å². The molecule has 0 saturated heterocycles. The lowest BCUT2D eigenvalue weighted by atomic mass is 9.66. The lowest BCUT2D eigenvalue weighted by Crippen LogP contribution is -2.53. The van der Waals surface area contributed by atoms with Crippen LogP contribution in [0.1, 0.15) is 23.5 Å². The van der Waals surface area contributed by atoms with Crippen molar-refractivity contribution >= 4 is 34.5 Å². The standard InChI is InChI=1S/C27H24N2OS/c1-2-18-27(25(30)28-22-16-10-5-11-17-22)23(20-12-6-3-7-13-20)19-24(29-26(27)31)21-14-8-4-9-15-21/h2-17,19,23H,1,18H2,(H,28,30)(H,29,31). The summed E-state index contributed by atoms with van der Waals surface area (Å²) >= 11 is 5.89. The highest BCUT2D eigenvalue weighted by Gasteiger charge is 2.50. The number of carbonyl (C=O) groups is 1. The molecule has 0 fully saturated rings. The number of para-hydroxylation sites is 1. The van der Waals surface area contributed by atoms with Gasteiger partial charge in [0.1, 0.15) is 5.41 Å². The Balaban J connectivity index is 1.85. The number of allylic oxidation sites excluding steroid dienone is 2. The molecule has 1 aliphatic rings. The number of nitrogens with one attached hydrogen (secondary N) is 2. The van der Waals surface area contributed by atoms with Gasteiger partial charge < -0.3 is 10.6 Å². The van der Waals surface area contributed by atoms with Crippen LogP contribution < -0.4 is 10.6 Å². The lowest BCUT2D eigenvalue weighted by Gasteiger charge is -2.42. The van der Waals surface area contributed by atoms with Gasteiger partial charge in [0.25, 0.3) is 0 Å². The molecule has 2 N–H and O–H groups in total. The first-order valence-electron chi connectivity index (χ1n) is 10.3. The van der Waals surface area contributed by atoms with Gasteiger partial charge in [-0.1, -0.05) is 103 Å². The zero-order chi connectivity index (χ0) is 21.7. The molecule has 4 rings (SSSR count). The quantitative estimate of drug-likeness (QED) is 0.380. The van der Waals surface area contributed by atoms with Crippen molar-refractivity contribution < 1.29 is 4.79 Å². The van der Waals surface area contributed by atoms with Crippen LogP contribution in [0.4, 0.5) is 5.69 Å². The predicted molar refractivity (Wildman–Crippen MR) is 132 cm³/mol. The van der Waals surface area contributed by atoms with Crippen LogP contribution in [-0.4, -0.2) is 10.9 Å². The van der Waals surface area contributed by atoms with Gasteiger partial charge in [-0.2, -0.15) is 0 Å². The highest BCUT2D eigenvalue weighted by molar-refractivity contribution is 7.80. The maximum Gasteiger partial charge on any atom is 0.238 e. The number of hydrogen-bond donors (Lipinski definition) is 2. The van der Waals surface area contributed by atoms with Crippen LogP contribution in [0, 0.1) is 5.41 Å². The second-order valence-electron chi connectivity index (χ2n) is 7.57. The van der Waals surface area contributed by atoms with Crippen LogP contribution in [-0.2, 0) is 4.79 Å². The summed E-state index contributed by atoms with van der Waals surface area (Å²) in [6.45, 7) is 3.94. The van der Waals surface area contributed by atoms with E-state index in [4.69, 9.17) is 12.2 Å². The van der Waals surface area contributed by atoms with Crippen LogP contribution >= 0.6 is 12.2 Å². The Labute approximate surface area is 188 Å². The molecular formula is C27H24N2OS. The third-order valence-electron chi connectivity index (χ3n) is 5.66. The first-order chi connectivity index (χ1) is 15.1. The highest BCUT2D eigenvalue weighted by Crippen LogP contribution is 2.46. The summed E-state index contributed by atoms with van der Waals surface area (Å²) < 4.78 is 0. The van der Waals surface area contributed by atoms with E-state index in [1.54, 1.807) is 6.08 Å². The van der Waals surface area contributed by atoms with Crippen LogP contribution in [0.2, 0.25) is 0 Å². The predicted octanol–water partition coefficient (Wildman–Crippen LogP) is 5.94. The molecule has 1 amide bonds. The van der Waals surface area contributed by atoms with Crippen molar-refractivity contribution in [3.05, 3.63) is 121 Å². The molecule has 4 heteroatoms. The Morgan fingerprint density at radius 1 is 0.968 bits per heavy atom. The average Bonchev–Trinajstić information content (AvgIpc) is 2.82. The van der Waals surface area contributed by atoms with Crippen molar-refractivity contribution in [2.75, 3.05) is 5.32 Å². The summed E-state index contributed by atoms with van der Waals surface area (Å²) in [5, 5.41) is 6.44. The van der Waals surface area contributed by atoms with Crippen LogP contribution in [0.25, 0.3) is 5.70 Å². The van der Waals surface area contributed by atoms with Crippen molar-refractivity contribution in [3.8, 4) is 0 Å². The molecule has 1 heterocycles. The van der Waals surface area contributed by atoms with E-state index in [1.165, 1.54) is 0 Å². The molecule has 3 aromatic rings. The summed E-state index contributed by atoms with van der Waals surface area (Å²) in [4.78, 5) is 14.3. The minimum Gasteiger partial charge on any atom is -0.349 e. The third kappa shape index (κ3) is 4.07. The van der Waals surface area contributed by atoms with E-state index in [1.807, 2.05) is 91.0 Å². The molecule has 1 aliphatic heterocycles. The normalized spacial score (nSPS) is 20.3. The minimum absolute atomic E-state index is 0.145. The van der Waals surface area contributed by atoms with Gasteiger partial charge in [-0.15, -0.1) is 6.58 Å². The molecule has 2 atom stereocenters. The monoisotopic (exact) mass is 424 g/mol. The number of hydrogen-bond acceptors (Lipinski definition) is 2. The van der Waals surface area contributed by atoms with Gasteiger partial charge in [-0.25, -0.2) is 0 Å². The van der Waals surface area contributed by atoms with Crippen molar-refractivity contribution in [2.24, 2.45) is 5.41 Å². The second-order valence-corrected chi connectivity index (χ2v) is 7.98. The number of amides is 1. The first-order valence-corrected chi connectivity index (χ1v) is 10.7. The SMILES string of the molecule is C=CCC1(C(=O)Nc2ccccc2)C(=S)NC(c2ccccc2)=CC1c1ccccc1. The number of benzene rings is 3. The molecule has 2 unspecified atom stereocenters. The highest BCUT2D eigenvalue weighted by atomic mass is 32.1. The van der Waals surface area contributed by atoms with Crippen molar-refractivity contribution in [1.29, 1.82) is 0 Å².